The smallest absolute Gasteiger partial charge is 0.0438 e. The van der Waals surface area contributed by atoms with E-state index in [1.54, 1.807) is 0 Å². The minimum atomic E-state index is 0.555. The molecule has 1 heterocycles. The Morgan fingerprint density at radius 3 is 2.68 bits per heavy atom. The van der Waals surface area contributed by atoms with E-state index >= 15 is 0 Å². The molecule has 1 aromatic heterocycles. The highest BCUT2D eigenvalue weighted by Gasteiger charge is 2.14. The summed E-state index contributed by atoms with van der Waals surface area (Å²) >= 11 is 11.7. The molecule has 0 aliphatic rings. The lowest BCUT2D eigenvalue weighted by Gasteiger charge is -2.17. The van der Waals surface area contributed by atoms with Crippen molar-refractivity contribution < 1.29 is 0 Å². The van der Waals surface area contributed by atoms with E-state index in [2.05, 4.69) is 44.8 Å². The summed E-state index contributed by atoms with van der Waals surface area (Å²) in [6.07, 6.45) is 2.08. The fourth-order valence-corrected chi connectivity index (χ4v) is 4.06. The van der Waals surface area contributed by atoms with E-state index in [0.29, 0.717) is 5.92 Å². The van der Waals surface area contributed by atoms with Gasteiger partial charge in [0.2, 0.25) is 0 Å². The van der Waals surface area contributed by atoms with E-state index < -0.39 is 0 Å². The molecule has 0 bridgehead atoms. The van der Waals surface area contributed by atoms with Gasteiger partial charge in [-0.25, -0.2) is 0 Å². The van der Waals surface area contributed by atoms with Gasteiger partial charge in [-0.3, -0.25) is 0 Å². The molecule has 1 aromatic carbocycles. The summed E-state index contributed by atoms with van der Waals surface area (Å²) in [5, 5.41) is 6.29. The second kappa shape index (κ2) is 7.44. The molecular weight excluding hydrogens is 342 g/mol. The SMILES string of the molecule is CNCC(Cc1ccccc1Cl)Cc1sccc1Br. The summed E-state index contributed by atoms with van der Waals surface area (Å²) in [6, 6.07) is 10.2. The van der Waals surface area contributed by atoms with Crippen LogP contribution in [0.5, 0.6) is 0 Å². The fraction of sp³-hybridized carbons (Fsp3) is 0.333. The van der Waals surface area contributed by atoms with Gasteiger partial charge in [-0.2, -0.15) is 0 Å². The number of hydrogen-bond donors (Lipinski definition) is 1. The first kappa shape index (κ1) is 15.0. The summed E-state index contributed by atoms with van der Waals surface area (Å²) in [4.78, 5) is 1.41. The van der Waals surface area contributed by atoms with Crippen molar-refractivity contribution in [3.8, 4) is 0 Å². The van der Waals surface area contributed by atoms with Crippen LogP contribution in [0, 0.1) is 5.92 Å². The average molecular weight is 359 g/mol. The summed E-state index contributed by atoms with van der Waals surface area (Å²) in [7, 11) is 2.00. The topological polar surface area (TPSA) is 12.0 Å². The van der Waals surface area contributed by atoms with Crippen molar-refractivity contribution in [3.63, 3.8) is 0 Å². The minimum absolute atomic E-state index is 0.555. The standard InChI is InChI=1S/C15H17BrClNS/c1-18-10-11(9-15-13(16)6-7-19-15)8-12-4-2-3-5-14(12)17/h2-7,11,18H,8-10H2,1H3. The van der Waals surface area contributed by atoms with Crippen molar-refractivity contribution in [3.05, 3.63) is 55.6 Å². The molecule has 1 nitrogen and oxygen atoms in total. The van der Waals surface area contributed by atoms with Crippen LogP contribution in [0.25, 0.3) is 0 Å². The third-order valence-electron chi connectivity index (χ3n) is 3.12. The van der Waals surface area contributed by atoms with Gasteiger partial charge < -0.3 is 5.32 Å². The monoisotopic (exact) mass is 357 g/mol. The first-order valence-electron chi connectivity index (χ1n) is 6.30. The van der Waals surface area contributed by atoms with Crippen molar-refractivity contribution in [2.45, 2.75) is 12.8 Å². The molecule has 4 heteroatoms. The van der Waals surface area contributed by atoms with Crippen LogP contribution in [-0.2, 0) is 12.8 Å². The highest BCUT2D eigenvalue weighted by atomic mass is 79.9. The van der Waals surface area contributed by atoms with Gasteiger partial charge in [0.15, 0.2) is 0 Å². The fourth-order valence-electron chi connectivity index (χ4n) is 2.21. The van der Waals surface area contributed by atoms with Crippen molar-refractivity contribution >= 4 is 38.9 Å². The molecule has 2 aromatic rings. The van der Waals surface area contributed by atoms with Gasteiger partial charge in [-0.1, -0.05) is 29.8 Å². The molecule has 102 valence electrons. The normalized spacial score (nSPS) is 12.6. The molecule has 0 aliphatic heterocycles. The number of benzene rings is 1. The molecule has 0 saturated heterocycles. The molecule has 0 amide bonds. The minimum Gasteiger partial charge on any atom is -0.319 e. The van der Waals surface area contributed by atoms with Gasteiger partial charge in [0.1, 0.15) is 0 Å². The van der Waals surface area contributed by atoms with E-state index in [4.69, 9.17) is 11.6 Å². The van der Waals surface area contributed by atoms with Crippen molar-refractivity contribution in [2.75, 3.05) is 13.6 Å². The Morgan fingerprint density at radius 1 is 1.26 bits per heavy atom. The van der Waals surface area contributed by atoms with Gasteiger partial charge in [0.05, 0.1) is 0 Å². The number of rotatable bonds is 6. The summed E-state index contributed by atoms with van der Waals surface area (Å²) in [6.45, 7) is 0.996. The molecule has 1 N–H and O–H groups in total. The maximum Gasteiger partial charge on any atom is 0.0438 e. The van der Waals surface area contributed by atoms with Gasteiger partial charge in [-0.15, -0.1) is 11.3 Å². The lowest BCUT2D eigenvalue weighted by molar-refractivity contribution is 0.496. The van der Waals surface area contributed by atoms with Crippen LogP contribution in [0.4, 0.5) is 0 Å². The van der Waals surface area contributed by atoms with E-state index in [9.17, 15) is 0 Å². The maximum atomic E-state index is 6.25. The Morgan fingerprint density at radius 2 is 2.05 bits per heavy atom. The summed E-state index contributed by atoms with van der Waals surface area (Å²) < 4.78 is 1.22. The Bertz CT molecular complexity index is 526. The van der Waals surface area contributed by atoms with E-state index in [1.807, 2.05) is 30.5 Å². The maximum absolute atomic E-state index is 6.25. The van der Waals surface area contributed by atoms with Crippen LogP contribution >= 0.6 is 38.9 Å². The predicted molar refractivity (Wildman–Crippen MR) is 88.3 cm³/mol. The van der Waals surface area contributed by atoms with Crippen molar-refractivity contribution in [1.29, 1.82) is 0 Å². The van der Waals surface area contributed by atoms with E-state index in [1.165, 1.54) is 14.9 Å². The van der Waals surface area contributed by atoms with Gasteiger partial charge in [0, 0.05) is 14.4 Å². The van der Waals surface area contributed by atoms with Crippen LogP contribution in [0.1, 0.15) is 10.4 Å². The Hall–Kier alpha value is -0.350. The number of hydrogen-bond acceptors (Lipinski definition) is 2. The van der Waals surface area contributed by atoms with Crippen LogP contribution in [0.2, 0.25) is 5.02 Å². The zero-order valence-corrected chi connectivity index (χ0v) is 14.0. The largest absolute Gasteiger partial charge is 0.319 e. The first-order chi connectivity index (χ1) is 9.20. The van der Waals surface area contributed by atoms with Crippen LogP contribution in [-0.4, -0.2) is 13.6 Å². The molecule has 0 fully saturated rings. The second-order valence-electron chi connectivity index (χ2n) is 4.62. The molecule has 19 heavy (non-hydrogen) atoms. The van der Waals surface area contributed by atoms with E-state index in [0.717, 1.165) is 24.4 Å². The lowest BCUT2D eigenvalue weighted by Crippen LogP contribution is -2.22. The number of halogens is 2. The van der Waals surface area contributed by atoms with Crippen molar-refractivity contribution in [2.24, 2.45) is 5.92 Å². The highest BCUT2D eigenvalue weighted by Crippen LogP contribution is 2.27. The van der Waals surface area contributed by atoms with Crippen LogP contribution in [0.3, 0.4) is 0 Å². The van der Waals surface area contributed by atoms with Gasteiger partial charge >= 0.3 is 0 Å². The zero-order valence-electron chi connectivity index (χ0n) is 10.8. The summed E-state index contributed by atoms with van der Waals surface area (Å²) in [5.41, 5.74) is 1.23. The Kier molecular flexibility index (Phi) is 5.89. The van der Waals surface area contributed by atoms with E-state index in [-0.39, 0.29) is 0 Å². The Balaban J connectivity index is 2.08. The second-order valence-corrected chi connectivity index (χ2v) is 6.88. The number of thiophene rings is 1. The third kappa shape index (κ3) is 4.32. The number of nitrogens with one attached hydrogen (secondary N) is 1. The lowest BCUT2D eigenvalue weighted by atomic mass is 9.95. The van der Waals surface area contributed by atoms with Crippen LogP contribution < -0.4 is 5.32 Å². The molecule has 0 radical (unpaired) electrons. The molecule has 0 saturated carbocycles. The highest BCUT2D eigenvalue weighted by molar-refractivity contribution is 9.10. The summed E-state index contributed by atoms with van der Waals surface area (Å²) in [5.74, 6) is 0.555. The average Bonchev–Trinajstić information content (AvgIpc) is 2.78. The predicted octanol–water partition coefficient (Wildman–Crippen LogP) is 4.78. The van der Waals surface area contributed by atoms with Crippen LogP contribution in [0.15, 0.2) is 40.2 Å². The molecule has 0 aliphatic carbocycles. The molecule has 1 atom stereocenters. The molecular formula is C15H17BrClNS. The van der Waals surface area contributed by atoms with Gasteiger partial charge in [-0.05, 0) is 71.4 Å². The first-order valence-corrected chi connectivity index (χ1v) is 8.35. The Labute approximate surface area is 132 Å². The quantitative estimate of drug-likeness (QED) is 0.783. The van der Waals surface area contributed by atoms with Gasteiger partial charge in [0.25, 0.3) is 0 Å². The van der Waals surface area contributed by atoms with Crippen molar-refractivity contribution in [1.82, 2.24) is 5.32 Å². The third-order valence-corrected chi connectivity index (χ3v) is 5.44. The molecule has 1 unspecified atom stereocenters. The molecule has 2 rings (SSSR count). The molecule has 0 spiro atoms. The zero-order chi connectivity index (χ0) is 13.7.